The number of nitrogens with zero attached hydrogens (tertiary/aromatic N) is 1. The highest BCUT2D eigenvalue weighted by molar-refractivity contribution is 6.76. The normalized spacial score (nSPS) is 12.8. The van der Waals surface area contributed by atoms with Crippen LogP contribution in [0.4, 0.5) is 0 Å². The minimum atomic E-state index is -0.781. The van der Waals surface area contributed by atoms with Crippen LogP contribution in [0, 0.1) is 0 Å². The molecular weight excluding hydrogens is 138 g/mol. The summed E-state index contributed by atoms with van der Waals surface area (Å²) in [7, 11) is -0.781. The maximum Gasteiger partial charge on any atom is 0.0443 e. The Morgan fingerprint density at radius 3 is 2.30 bits per heavy atom. The maximum absolute atomic E-state index is 4.17. The van der Waals surface area contributed by atoms with Crippen molar-refractivity contribution in [1.82, 2.24) is 0 Å². The van der Waals surface area contributed by atoms with Gasteiger partial charge in [-0.05, 0) is 19.6 Å². The predicted molar refractivity (Wildman–Crippen MR) is 51.8 cm³/mol. The summed E-state index contributed by atoms with van der Waals surface area (Å²) in [5, 5.41) is 0. The summed E-state index contributed by atoms with van der Waals surface area (Å²) in [4.78, 5) is 4.17. The Morgan fingerprint density at radius 2 is 1.90 bits per heavy atom. The van der Waals surface area contributed by atoms with Gasteiger partial charge in [0.05, 0.1) is 0 Å². The zero-order valence-corrected chi connectivity index (χ0v) is 8.65. The Balaban J connectivity index is 3.20. The van der Waals surface area contributed by atoms with Gasteiger partial charge in [0, 0.05) is 14.6 Å². The highest BCUT2D eigenvalue weighted by Gasteiger charge is 2.10. The summed E-state index contributed by atoms with van der Waals surface area (Å²) in [6.45, 7) is 10.2. The van der Waals surface area contributed by atoms with Crippen LogP contribution in [0.25, 0.3) is 0 Å². The van der Waals surface area contributed by atoms with Gasteiger partial charge in [-0.2, -0.15) is 0 Å². The molecule has 0 saturated carbocycles. The molecule has 0 aromatic carbocycles. The van der Waals surface area contributed by atoms with Crippen LogP contribution in [0.1, 0.15) is 13.3 Å². The first kappa shape index (κ1) is 9.89. The molecule has 0 aliphatic heterocycles. The minimum absolute atomic E-state index is 0.781. The van der Waals surface area contributed by atoms with E-state index in [-0.39, 0.29) is 0 Å². The molecule has 0 amide bonds. The molecule has 0 aliphatic rings. The molecule has 0 aliphatic carbocycles. The lowest BCUT2D eigenvalue weighted by molar-refractivity contribution is 0.916. The highest BCUT2D eigenvalue weighted by Crippen LogP contribution is 2.10. The van der Waals surface area contributed by atoms with E-state index in [1.54, 1.807) is 0 Å². The van der Waals surface area contributed by atoms with E-state index in [4.69, 9.17) is 0 Å². The van der Waals surface area contributed by atoms with Gasteiger partial charge in [0.1, 0.15) is 0 Å². The van der Waals surface area contributed by atoms with Crippen molar-refractivity contribution in [2.24, 2.45) is 4.99 Å². The summed E-state index contributed by atoms with van der Waals surface area (Å²) in [5.74, 6) is 0. The molecule has 0 rings (SSSR count). The van der Waals surface area contributed by atoms with Gasteiger partial charge in [-0.25, -0.2) is 0 Å². The van der Waals surface area contributed by atoms with Crippen molar-refractivity contribution in [3.05, 3.63) is 0 Å². The largest absolute Gasteiger partial charge is 0.298 e. The quantitative estimate of drug-likeness (QED) is 0.338. The topological polar surface area (TPSA) is 12.4 Å². The zero-order chi connectivity index (χ0) is 8.04. The molecule has 0 aromatic rings. The molecule has 0 unspecified atom stereocenters. The van der Waals surface area contributed by atoms with E-state index in [0.717, 1.165) is 6.54 Å². The Morgan fingerprint density at radius 1 is 1.30 bits per heavy atom. The van der Waals surface area contributed by atoms with E-state index in [0.29, 0.717) is 0 Å². The van der Waals surface area contributed by atoms with Crippen LogP contribution in [-0.4, -0.2) is 20.8 Å². The lowest BCUT2D eigenvalue weighted by Gasteiger charge is -2.13. The van der Waals surface area contributed by atoms with Crippen molar-refractivity contribution in [2.45, 2.75) is 39.0 Å². The molecule has 60 valence electrons. The molecule has 0 saturated heterocycles. The summed E-state index contributed by atoms with van der Waals surface area (Å²) in [6.07, 6.45) is 3.17. The number of rotatable bonds is 4. The fraction of sp³-hybridized carbons (Fsp3) is 0.875. The fourth-order valence-corrected chi connectivity index (χ4v) is 2.05. The van der Waals surface area contributed by atoms with Crippen LogP contribution in [0.5, 0.6) is 0 Å². The molecule has 0 atom stereocenters. The SMILES string of the molecule is CC=NCCC[Si](C)(C)C. The summed E-state index contributed by atoms with van der Waals surface area (Å²) in [5.41, 5.74) is 0. The van der Waals surface area contributed by atoms with E-state index in [1.807, 2.05) is 13.1 Å². The number of aliphatic imine (C=N–C) groups is 1. The molecule has 0 spiro atoms. The summed E-state index contributed by atoms with van der Waals surface area (Å²) >= 11 is 0. The van der Waals surface area contributed by atoms with Crippen LogP contribution in [0.15, 0.2) is 4.99 Å². The van der Waals surface area contributed by atoms with E-state index in [1.165, 1.54) is 12.5 Å². The van der Waals surface area contributed by atoms with Crippen molar-refractivity contribution >= 4 is 14.3 Å². The van der Waals surface area contributed by atoms with Gasteiger partial charge in [0.2, 0.25) is 0 Å². The first-order valence-electron chi connectivity index (χ1n) is 4.01. The lowest BCUT2D eigenvalue weighted by Crippen LogP contribution is -2.18. The second-order valence-corrected chi connectivity index (χ2v) is 9.45. The van der Waals surface area contributed by atoms with Crippen LogP contribution < -0.4 is 0 Å². The number of hydrogen-bond donors (Lipinski definition) is 0. The van der Waals surface area contributed by atoms with Crippen LogP contribution in [0.2, 0.25) is 25.7 Å². The van der Waals surface area contributed by atoms with Crippen LogP contribution in [0.3, 0.4) is 0 Å². The van der Waals surface area contributed by atoms with Crippen molar-refractivity contribution in [2.75, 3.05) is 6.54 Å². The van der Waals surface area contributed by atoms with Crippen LogP contribution in [-0.2, 0) is 0 Å². The molecule has 0 N–H and O–H groups in total. The first-order valence-corrected chi connectivity index (χ1v) is 7.71. The zero-order valence-electron chi connectivity index (χ0n) is 7.65. The Labute approximate surface area is 65.6 Å². The minimum Gasteiger partial charge on any atom is -0.298 e. The molecule has 0 fully saturated rings. The van der Waals surface area contributed by atoms with E-state index < -0.39 is 8.07 Å². The van der Waals surface area contributed by atoms with Gasteiger partial charge in [-0.1, -0.05) is 25.7 Å². The van der Waals surface area contributed by atoms with Crippen molar-refractivity contribution < 1.29 is 0 Å². The molecule has 0 heterocycles. The lowest BCUT2D eigenvalue weighted by atomic mass is 10.5. The third-order valence-corrected chi connectivity index (χ3v) is 3.25. The molecular formula is C8H19NSi. The Kier molecular flexibility index (Phi) is 4.61. The van der Waals surface area contributed by atoms with Gasteiger partial charge < -0.3 is 0 Å². The Hall–Kier alpha value is -0.113. The van der Waals surface area contributed by atoms with Crippen LogP contribution >= 0.6 is 0 Å². The first-order chi connectivity index (χ1) is 4.56. The third kappa shape index (κ3) is 7.89. The van der Waals surface area contributed by atoms with E-state index in [9.17, 15) is 0 Å². The Bertz CT molecular complexity index is 102. The van der Waals surface area contributed by atoms with Gasteiger partial charge in [0.25, 0.3) is 0 Å². The van der Waals surface area contributed by atoms with E-state index >= 15 is 0 Å². The summed E-state index contributed by atoms with van der Waals surface area (Å²) in [6, 6.07) is 1.41. The van der Waals surface area contributed by atoms with Crippen molar-refractivity contribution in [1.29, 1.82) is 0 Å². The highest BCUT2D eigenvalue weighted by atomic mass is 28.3. The van der Waals surface area contributed by atoms with Gasteiger partial charge in [0.15, 0.2) is 0 Å². The monoisotopic (exact) mass is 157 g/mol. The van der Waals surface area contributed by atoms with Gasteiger partial charge in [-0.3, -0.25) is 4.99 Å². The maximum atomic E-state index is 4.17. The molecule has 10 heavy (non-hydrogen) atoms. The fourth-order valence-electron chi connectivity index (χ4n) is 0.830. The average Bonchev–Trinajstić information content (AvgIpc) is 1.78. The second kappa shape index (κ2) is 4.66. The second-order valence-electron chi connectivity index (χ2n) is 3.83. The third-order valence-electron chi connectivity index (χ3n) is 1.40. The molecule has 0 radical (unpaired) electrons. The van der Waals surface area contributed by atoms with Crippen molar-refractivity contribution in [3.8, 4) is 0 Å². The van der Waals surface area contributed by atoms with Gasteiger partial charge in [-0.15, -0.1) is 0 Å². The molecule has 1 nitrogen and oxygen atoms in total. The predicted octanol–water partition coefficient (Wildman–Crippen LogP) is 2.81. The number of hydrogen-bond acceptors (Lipinski definition) is 1. The van der Waals surface area contributed by atoms with E-state index in [2.05, 4.69) is 24.6 Å². The molecule has 2 heteroatoms. The molecule has 0 aromatic heterocycles. The van der Waals surface area contributed by atoms with Gasteiger partial charge >= 0.3 is 0 Å². The summed E-state index contributed by atoms with van der Waals surface area (Å²) < 4.78 is 0. The standard InChI is InChI=1S/C8H19NSi/c1-5-9-7-6-8-10(2,3)4/h5H,6-8H2,1-4H3. The molecule has 0 bridgehead atoms. The van der Waals surface area contributed by atoms with Crippen molar-refractivity contribution in [3.63, 3.8) is 0 Å². The average molecular weight is 157 g/mol. The smallest absolute Gasteiger partial charge is 0.0443 e.